The molecule has 10 heteroatoms. The van der Waals surface area contributed by atoms with Crippen molar-refractivity contribution >= 4 is 27.5 Å². The van der Waals surface area contributed by atoms with E-state index in [1.165, 1.54) is 26.1 Å². The maximum Gasteiger partial charge on any atom is 0.416 e. The molecule has 152 valence electrons. The Morgan fingerprint density at radius 3 is 2.45 bits per heavy atom. The Labute approximate surface area is 171 Å². The summed E-state index contributed by atoms with van der Waals surface area (Å²) in [5.74, 6) is -1.23. The molecule has 1 N–H and O–H groups in total. The third-order valence-electron chi connectivity index (χ3n) is 3.99. The molecule has 5 nitrogen and oxygen atoms in total. The molecule has 0 spiro atoms. The molecule has 1 amide bonds. The van der Waals surface area contributed by atoms with Gasteiger partial charge in [-0.3, -0.25) is 4.79 Å². The number of anilines is 1. The van der Waals surface area contributed by atoms with E-state index in [0.29, 0.717) is 0 Å². The Morgan fingerprint density at radius 2 is 1.86 bits per heavy atom. The number of ether oxygens (including phenoxy) is 1. The number of hydrogen-bond acceptors (Lipinski definition) is 3. The molecule has 0 bridgehead atoms. The van der Waals surface area contributed by atoms with Gasteiger partial charge < -0.3 is 10.1 Å². The van der Waals surface area contributed by atoms with Crippen LogP contribution in [-0.2, 0) is 13.2 Å². The van der Waals surface area contributed by atoms with Crippen LogP contribution in [0.4, 0.5) is 23.2 Å². The van der Waals surface area contributed by atoms with E-state index in [0.717, 1.165) is 22.9 Å². The summed E-state index contributed by atoms with van der Waals surface area (Å²) < 4.78 is 59.3. The van der Waals surface area contributed by atoms with Crippen molar-refractivity contribution in [3.05, 3.63) is 69.7 Å². The zero-order valence-corrected chi connectivity index (χ0v) is 16.7. The number of hydrogen-bond donors (Lipinski definition) is 1. The number of aromatic nitrogens is 2. The van der Waals surface area contributed by atoms with Crippen LogP contribution in [0.3, 0.4) is 0 Å². The normalized spacial score (nSPS) is 11.4. The molecule has 1 heterocycles. The first-order valence-corrected chi connectivity index (χ1v) is 9.01. The Hall–Kier alpha value is -2.88. The maximum absolute atomic E-state index is 14.1. The Kier molecular flexibility index (Phi) is 5.65. The summed E-state index contributed by atoms with van der Waals surface area (Å²) >= 11 is 3.06. The average Bonchev–Trinajstić information content (AvgIpc) is 2.89. The van der Waals surface area contributed by atoms with Crippen LogP contribution in [-0.4, -0.2) is 15.7 Å². The molecule has 29 heavy (non-hydrogen) atoms. The van der Waals surface area contributed by atoms with Crippen molar-refractivity contribution in [2.45, 2.75) is 13.1 Å². The lowest BCUT2D eigenvalue weighted by molar-refractivity contribution is -0.137. The van der Waals surface area contributed by atoms with E-state index in [4.69, 9.17) is 4.74 Å². The second-order valence-electron chi connectivity index (χ2n) is 6.07. The number of carbonyl (C=O) groups excluding carboxylic acids is 1. The largest absolute Gasteiger partial charge is 0.454 e. The van der Waals surface area contributed by atoms with Gasteiger partial charge in [0.15, 0.2) is 5.75 Å². The van der Waals surface area contributed by atoms with Crippen molar-refractivity contribution in [2.75, 3.05) is 5.32 Å². The second-order valence-corrected chi connectivity index (χ2v) is 6.92. The number of rotatable bonds is 4. The van der Waals surface area contributed by atoms with Crippen LogP contribution in [0.5, 0.6) is 11.5 Å². The molecule has 1 aromatic heterocycles. The fourth-order valence-corrected chi connectivity index (χ4v) is 3.07. The molecule has 3 aromatic rings. The van der Waals surface area contributed by atoms with Crippen molar-refractivity contribution in [3.8, 4) is 11.5 Å². The number of aryl methyl sites for hydroxylation is 2. The number of nitrogens with one attached hydrogen (secondary N) is 1. The fraction of sp³-hybridized carbons (Fsp3) is 0.158. The van der Waals surface area contributed by atoms with Gasteiger partial charge in [-0.05, 0) is 53.2 Å². The van der Waals surface area contributed by atoms with E-state index in [2.05, 4.69) is 26.3 Å². The lowest BCUT2D eigenvalue weighted by Gasteiger charge is -2.14. The molecule has 0 atom stereocenters. The predicted octanol–water partition coefficient (Wildman–Crippen LogP) is 5.69. The molecule has 0 radical (unpaired) electrons. The number of nitrogens with zero attached hydrogens (tertiary/aromatic N) is 2. The Balaban J connectivity index is 1.87. The molecular weight excluding hydrogens is 458 g/mol. The first-order valence-electron chi connectivity index (χ1n) is 8.22. The summed E-state index contributed by atoms with van der Waals surface area (Å²) in [6, 6.07) is 9.23. The van der Waals surface area contributed by atoms with Crippen molar-refractivity contribution in [3.63, 3.8) is 0 Å². The first kappa shape index (κ1) is 20.8. The Morgan fingerprint density at radius 1 is 1.17 bits per heavy atom. The van der Waals surface area contributed by atoms with Gasteiger partial charge >= 0.3 is 6.18 Å². The van der Waals surface area contributed by atoms with Crippen LogP contribution in [0, 0.1) is 12.9 Å². The van der Waals surface area contributed by atoms with Gasteiger partial charge in [-0.2, -0.15) is 22.7 Å². The number of halogens is 5. The zero-order valence-electron chi connectivity index (χ0n) is 15.1. The van der Waals surface area contributed by atoms with Crippen LogP contribution in [0.2, 0.25) is 0 Å². The highest BCUT2D eigenvalue weighted by Crippen LogP contribution is 2.38. The van der Waals surface area contributed by atoms with Gasteiger partial charge in [-0.25, -0.2) is 4.68 Å². The highest BCUT2D eigenvalue weighted by Gasteiger charge is 2.31. The lowest BCUT2D eigenvalue weighted by atomic mass is 10.2. The van der Waals surface area contributed by atoms with Crippen molar-refractivity contribution in [1.29, 1.82) is 0 Å². The minimum atomic E-state index is -4.49. The maximum atomic E-state index is 14.1. The average molecular weight is 472 g/mol. The van der Waals surface area contributed by atoms with E-state index in [1.807, 2.05) is 0 Å². The molecule has 0 fully saturated rings. The quantitative estimate of drug-likeness (QED) is 0.497. The molecule has 0 unspecified atom stereocenters. The summed E-state index contributed by atoms with van der Waals surface area (Å²) in [5, 5.41) is 6.40. The van der Waals surface area contributed by atoms with Crippen LogP contribution >= 0.6 is 15.9 Å². The van der Waals surface area contributed by atoms with Crippen LogP contribution in [0.15, 0.2) is 46.9 Å². The van der Waals surface area contributed by atoms with Crippen molar-refractivity contribution < 1.29 is 27.1 Å². The fourth-order valence-electron chi connectivity index (χ4n) is 2.61. The standard InChI is InChI=1S/C19H14BrF4N3O2/c1-10-16(17(21)27(2)26-10)18(28)25-13-5-3-4-6-15(13)29-14-8-7-11(9-12(14)20)19(22,23)24/h3-9H,1-2H3,(H,25,28). The highest BCUT2D eigenvalue weighted by atomic mass is 79.9. The summed E-state index contributed by atoms with van der Waals surface area (Å²) in [6.07, 6.45) is -4.49. The van der Waals surface area contributed by atoms with Crippen LogP contribution < -0.4 is 10.1 Å². The summed E-state index contributed by atoms with van der Waals surface area (Å²) in [6.45, 7) is 1.50. The second kappa shape index (κ2) is 7.86. The highest BCUT2D eigenvalue weighted by molar-refractivity contribution is 9.10. The van der Waals surface area contributed by atoms with E-state index in [-0.39, 0.29) is 32.9 Å². The van der Waals surface area contributed by atoms with Gasteiger partial charge in [0.1, 0.15) is 11.3 Å². The lowest BCUT2D eigenvalue weighted by Crippen LogP contribution is -2.15. The number of benzene rings is 2. The molecule has 0 aliphatic rings. The molecule has 0 aliphatic heterocycles. The third-order valence-corrected chi connectivity index (χ3v) is 4.61. The number of amides is 1. The van der Waals surface area contributed by atoms with Crippen LogP contribution in [0.25, 0.3) is 0 Å². The molecular formula is C19H14BrF4N3O2. The van der Waals surface area contributed by atoms with Crippen molar-refractivity contribution in [2.24, 2.45) is 7.05 Å². The predicted molar refractivity (Wildman–Crippen MR) is 102 cm³/mol. The Bertz CT molecular complexity index is 1080. The van der Waals surface area contributed by atoms with Gasteiger partial charge in [-0.1, -0.05) is 12.1 Å². The minimum Gasteiger partial charge on any atom is -0.454 e. The third kappa shape index (κ3) is 4.42. The number of carbonyl (C=O) groups is 1. The van der Waals surface area contributed by atoms with E-state index in [1.54, 1.807) is 12.1 Å². The summed E-state index contributed by atoms with van der Waals surface area (Å²) in [4.78, 5) is 12.5. The topological polar surface area (TPSA) is 56.2 Å². The number of para-hydroxylation sites is 2. The molecule has 0 saturated carbocycles. The smallest absolute Gasteiger partial charge is 0.416 e. The molecule has 3 rings (SSSR count). The van der Waals surface area contributed by atoms with Gasteiger partial charge in [-0.15, -0.1) is 0 Å². The monoisotopic (exact) mass is 471 g/mol. The van der Waals surface area contributed by atoms with Crippen LogP contribution in [0.1, 0.15) is 21.6 Å². The summed E-state index contributed by atoms with van der Waals surface area (Å²) in [7, 11) is 1.37. The first-order chi connectivity index (χ1) is 13.6. The van der Waals surface area contributed by atoms with Gasteiger partial charge in [0.25, 0.3) is 5.91 Å². The van der Waals surface area contributed by atoms with E-state index in [9.17, 15) is 22.4 Å². The van der Waals surface area contributed by atoms with Crippen molar-refractivity contribution in [1.82, 2.24) is 9.78 Å². The molecule has 0 saturated heterocycles. The molecule has 0 aliphatic carbocycles. The van der Waals surface area contributed by atoms with Gasteiger partial charge in [0.05, 0.1) is 21.4 Å². The van der Waals surface area contributed by atoms with Gasteiger partial charge in [0.2, 0.25) is 5.95 Å². The molecule has 2 aromatic carbocycles. The SMILES string of the molecule is Cc1nn(C)c(F)c1C(=O)Nc1ccccc1Oc1ccc(C(F)(F)F)cc1Br. The van der Waals surface area contributed by atoms with Gasteiger partial charge in [0, 0.05) is 7.05 Å². The van der Waals surface area contributed by atoms with E-state index >= 15 is 0 Å². The van der Waals surface area contributed by atoms with E-state index < -0.39 is 23.6 Å². The summed E-state index contributed by atoms with van der Waals surface area (Å²) in [5.41, 5.74) is -0.614. The number of alkyl halides is 3. The minimum absolute atomic E-state index is 0.0857. The zero-order chi connectivity index (χ0) is 21.3.